The second-order valence-electron chi connectivity index (χ2n) is 7.54. The van der Waals surface area contributed by atoms with E-state index in [4.69, 9.17) is 4.74 Å². The Kier molecular flexibility index (Phi) is 4.91. The Bertz CT molecular complexity index is 1190. The molecule has 2 atom stereocenters. The monoisotopic (exact) mass is 414 g/mol. The summed E-state index contributed by atoms with van der Waals surface area (Å²) in [5.74, 6) is -2.82. The Labute approximate surface area is 170 Å². The number of hydrogen-bond acceptors (Lipinski definition) is 4. The predicted octanol–water partition coefficient (Wildman–Crippen LogP) is 2.74. The molecule has 0 saturated heterocycles. The number of aliphatic hydroxyl groups is 1. The number of nitrogens with one attached hydrogen (secondary N) is 1. The van der Waals surface area contributed by atoms with E-state index in [0.717, 1.165) is 12.1 Å². The normalized spacial score (nSPS) is 18.0. The van der Waals surface area contributed by atoms with Gasteiger partial charge in [0, 0.05) is 18.3 Å². The number of carbonyl (C=O) groups excluding carboxylic acids is 1. The number of carbonyl (C=O) groups is 1. The smallest absolute Gasteiger partial charge is 0.259 e. The lowest BCUT2D eigenvalue weighted by molar-refractivity contribution is -0.153. The minimum atomic E-state index is -1.82. The molecule has 156 valence electrons. The quantitative estimate of drug-likeness (QED) is 0.691. The predicted molar refractivity (Wildman–Crippen MR) is 106 cm³/mol. The summed E-state index contributed by atoms with van der Waals surface area (Å²) in [6.07, 6.45) is 0. The Morgan fingerprint density at radius 3 is 2.50 bits per heavy atom. The summed E-state index contributed by atoms with van der Waals surface area (Å²) in [6.45, 7) is 1.53. The SMILES string of the molecule is CN(C(=O)[C@](C)(O)c1ccccc1)[C@@H]1COCc2[nH]c(=O)c3cc(F)c(F)cc3c21. The van der Waals surface area contributed by atoms with Crippen LogP contribution in [0, 0.1) is 11.6 Å². The van der Waals surface area contributed by atoms with Crippen LogP contribution in [0.15, 0.2) is 47.3 Å². The Morgan fingerprint density at radius 2 is 1.83 bits per heavy atom. The third kappa shape index (κ3) is 3.18. The molecule has 2 N–H and O–H groups in total. The topological polar surface area (TPSA) is 82.6 Å². The first kappa shape index (κ1) is 20.2. The van der Waals surface area contributed by atoms with Crippen molar-refractivity contribution in [2.24, 2.45) is 0 Å². The average Bonchev–Trinajstić information content (AvgIpc) is 2.74. The number of halogens is 2. The van der Waals surface area contributed by atoms with E-state index in [2.05, 4.69) is 4.98 Å². The number of fused-ring (bicyclic) bond motifs is 3. The summed E-state index contributed by atoms with van der Waals surface area (Å²) >= 11 is 0. The molecule has 0 saturated carbocycles. The van der Waals surface area contributed by atoms with Gasteiger partial charge in [0.25, 0.3) is 11.5 Å². The lowest BCUT2D eigenvalue weighted by Gasteiger charge is -2.37. The highest BCUT2D eigenvalue weighted by molar-refractivity contribution is 5.89. The maximum absolute atomic E-state index is 14.0. The van der Waals surface area contributed by atoms with Gasteiger partial charge in [0.1, 0.15) is 0 Å². The lowest BCUT2D eigenvalue weighted by atomic mass is 9.91. The van der Waals surface area contributed by atoms with Crippen LogP contribution >= 0.6 is 0 Å². The third-order valence-corrected chi connectivity index (χ3v) is 5.58. The molecule has 1 amide bonds. The van der Waals surface area contributed by atoms with E-state index in [1.807, 2.05) is 0 Å². The van der Waals surface area contributed by atoms with Crippen molar-refractivity contribution in [3.05, 3.63) is 81.3 Å². The van der Waals surface area contributed by atoms with Gasteiger partial charge in [-0.3, -0.25) is 9.59 Å². The van der Waals surface area contributed by atoms with Crippen molar-refractivity contribution >= 4 is 16.7 Å². The molecule has 0 bridgehead atoms. The van der Waals surface area contributed by atoms with E-state index >= 15 is 0 Å². The van der Waals surface area contributed by atoms with Crippen molar-refractivity contribution in [2.75, 3.05) is 13.7 Å². The fourth-order valence-electron chi connectivity index (χ4n) is 3.92. The van der Waals surface area contributed by atoms with Crippen LogP contribution in [0.4, 0.5) is 8.78 Å². The number of hydrogen-bond donors (Lipinski definition) is 2. The largest absolute Gasteiger partial charge is 0.376 e. The van der Waals surface area contributed by atoms with Crippen molar-refractivity contribution in [1.82, 2.24) is 9.88 Å². The number of rotatable bonds is 3. The molecule has 2 aromatic carbocycles. The minimum Gasteiger partial charge on any atom is -0.376 e. The molecule has 1 aliphatic heterocycles. The van der Waals surface area contributed by atoms with Crippen LogP contribution in [-0.2, 0) is 21.7 Å². The first-order chi connectivity index (χ1) is 14.2. The lowest BCUT2D eigenvalue weighted by Crippen LogP contribution is -2.47. The summed E-state index contributed by atoms with van der Waals surface area (Å²) in [4.78, 5) is 29.5. The van der Waals surface area contributed by atoms with Crippen LogP contribution in [0.25, 0.3) is 10.8 Å². The molecule has 1 aromatic heterocycles. The molecular formula is C22H20F2N2O4. The summed E-state index contributed by atoms with van der Waals surface area (Å²) in [7, 11) is 1.50. The molecule has 3 aromatic rings. The van der Waals surface area contributed by atoms with Crippen LogP contribution < -0.4 is 5.56 Å². The number of aromatic nitrogens is 1. The molecular weight excluding hydrogens is 394 g/mol. The van der Waals surface area contributed by atoms with Gasteiger partial charge in [-0.2, -0.15) is 0 Å². The number of pyridine rings is 1. The number of benzene rings is 2. The van der Waals surface area contributed by atoms with E-state index in [9.17, 15) is 23.5 Å². The Hall–Kier alpha value is -3.10. The second-order valence-corrected chi connectivity index (χ2v) is 7.54. The van der Waals surface area contributed by atoms with Crippen molar-refractivity contribution < 1.29 is 23.4 Å². The highest BCUT2D eigenvalue weighted by Gasteiger charge is 2.39. The van der Waals surface area contributed by atoms with E-state index in [1.54, 1.807) is 30.3 Å². The number of nitrogens with zero attached hydrogens (tertiary/aromatic N) is 1. The molecule has 30 heavy (non-hydrogen) atoms. The summed E-state index contributed by atoms with van der Waals surface area (Å²) < 4.78 is 33.3. The second kappa shape index (κ2) is 7.30. The van der Waals surface area contributed by atoms with Crippen molar-refractivity contribution in [3.8, 4) is 0 Å². The van der Waals surface area contributed by atoms with Gasteiger partial charge in [0.15, 0.2) is 17.2 Å². The number of likely N-dealkylation sites (N-methyl/N-ethyl adjacent to an activating group) is 1. The van der Waals surface area contributed by atoms with Gasteiger partial charge in [-0.15, -0.1) is 0 Å². The molecule has 8 heteroatoms. The highest BCUT2D eigenvalue weighted by atomic mass is 19.2. The molecule has 0 unspecified atom stereocenters. The van der Waals surface area contributed by atoms with Gasteiger partial charge < -0.3 is 19.7 Å². The van der Waals surface area contributed by atoms with Gasteiger partial charge in [-0.25, -0.2) is 8.78 Å². The molecule has 1 aliphatic rings. The zero-order valence-corrected chi connectivity index (χ0v) is 16.4. The van der Waals surface area contributed by atoms with E-state index in [1.165, 1.54) is 18.9 Å². The maximum Gasteiger partial charge on any atom is 0.259 e. The summed E-state index contributed by atoms with van der Waals surface area (Å²) in [6, 6.07) is 9.57. The van der Waals surface area contributed by atoms with Gasteiger partial charge in [-0.05, 0) is 30.0 Å². The van der Waals surface area contributed by atoms with E-state index in [0.29, 0.717) is 16.8 Å². The summed E-state index contributed by atoms with van der Waals surface area (Å²) in [5, 5.41) is 11.1. The van der Waals surface area contributed by atoms with Crippen molar-refractivity contribution in [2.45, 2.75) is 25.2 Å². The molecule has 0 radical (unpaired) electrons. The minimum absolute atomic E-state index is 0.0183. The molecule has 0 fully saturated rings. The van der Waals surface area contributed by atoms with Crippen LogP contribution in [0.3, 0.4) is 0 Å². The number of aromatic amines is 1. The Balaban J connectivity index is 1.83. The van der Waals surface area contributed by atoms with E-state index in [-0.39, 0.29) is 24.0 Å². The zero-order valence-electron chi connectivity index (χ0n) is 16.4. The number of amides is 1. The zero-order chi connectivity index (χ0) is 21.6. The van der Waals surface area contributed by atoms with Crippen molar-refractivity contribution in [3.63, 3.8) is 0 Å². The van der Waals surface area contributed by atoms with Gasteiger partial charge in [0.05, 0.1) is 24.6 Å². The van der Waals surface area contributed by atoms with Crippen molar-refractivity contribution in [1.29, 1.82) is 0 Å². The molecule has 0 aliphatic carbocycles. The van der Waals surface area contributed by atoms with Crippen LogP contribution in [0.1, 0.15) is 29.8 Å². The maximum atomic E-state index is 14.0. The summed E-state index contributed by atoms with van der Waals surface area (Å²) in [5.41, 5.74) is -1.12. The van der Waals surface area contributed by atoms with Crippen LogP contribution in [0.5, 0.6) is 0 Å². The van der Waals surface area contributed by atoms with Gasteiger partial charge in [-0.1, -0.05) is 30.3 Å². The van der Waals surface area contributed by atoms with E-state index < -0.39 is 34.7 Å². The molecule has 0 spiro atoms. The molecule has 2 heterocycles. The van der Waals surface area contributed by atoms with Gasteiger partial charge >= 0.3 is 0 Å². The first-order valence-corrected chi connectivity index (χ1v) is 9.38. The van der Waals surface area contributed by atoms with Crippen LogP contribution in [-0.4, -0.2) is 34.6 Å². The fraction of sp³-hybridized carbons (Fsp3) is 0.273. The average molecular weight is 414 g/mol. The standard InChI is InChI=1S/C22H20F2N2O4/c1-22(29,12-6-4-3-5-7-12)21(28)26(2)18-11-30-10-17-19(18)13-8-15(23)16(24)9-14(13)20(27)25-17/h3-9,18,29H,10-11H2,1-2H3,(H,25,27)/t18-,22-/m1/s1. The third-order valence-electron chi connectivity index (χ3n) is 5.58. The fourth-order valence-corrected chi connectivity index (χ4v) is 3.92. The molecule has 6 nitrogen and oxygen atoms in total. The van der Waals surface area contributed by atoms with Crippen LogP contribution in [0.2, 0.25) is 0 Å². The molecule has 4 rings (SSSR count). The van der Waals surface area contributed by atoms with Gasteiger partial charge in [0.2, 0.25) is 0 Å². The number of H-pyrrole nitrogens is 1. The first-order valence-electron chi connectivity index (χ1n) is 9.38. The number of ether oxygens (including phenoxy) is 1. The Morgan fingerprint density at radius 1 is 1.20 bits per heavy atom. The highest BCUT2D eigenvalue weighted by Crippen LogP contribution is 2.35.